The Hall–Kier alpha value is -1.71. The minimum atomic E-state index is -0.493. The third kappa shape index (κ3) is 2.27. The lowest BCUT2D eigenvalue weighted by Gasteiger charge is -2.39. The van der Waals surface area contributed by atoms with E-state index in [2.05, 4.69) is 0 Å². The quantitative estimate of drug-likeness (QED) is 0.767. The van der Waals surface area contributed by atoms with Crippen LogP contribution in [0.4, 0.5) is 0 Å². The normalized spacial score (nSPS) is 16.4. The molecule has 1 fully saturated rings. The summed E-state index contributed by atoms with van der Waals surface area (Å²) in [5.41, 5.74) is 0.457. The summed E-state index contributed by atoms with van der Waals surface area (Å²) in [6, 6.07) is 5.69. The second kappa shape index (κ2) is 5.51. The average molecular weight is 264 g/mol. The molecular weight excluding hydrogens is 244 g/mol. The van der Waals surface area contributed by atoms with Gasteiger partial charge >= 0.3 is 5.97 Å². The number of rotatable bonds is 5. The Morgan fingerprint density at radius 3 is 2.47 bits per heavy atom. The summed E-state index contributed by atoms with van der Waals surface area (Å²) in [6.45, 7) is 2.51. The van der Waals surface area contributed by atoms with Gasteiger partial charge in [0.15, 0.2) is 11.5 Å². The molecule has 104 valence electrons. The summed E-state index contributed by atoms with van der Waals surface area (Å²) in [5, 5.41) is 0. The van der Waals surface area contributed by atoms with Crippen LogP contribution < -0.4 is 9.47 Å². The molecule has 0 unspecified atom stereocenters. The molecule has 1 aromatic carbocycles. The number of hydrogen-bond acceptors (Lipinski definition) is 4. The molecule has 1 aliphatic carbocycles. The van der Waals surface area contributed by atoms with Gasteiger partial charge in [0, 0.05) is 0 Å². The van der Waals surface area contributed by atoms with Crippen LogP contribution in [0.2, 0.25) is 0 Å². The molecule has 0 N–H and O–H groups in total. The van der Waals surface area contributed by atoms with E-state index in [1.54, 1.807) is 7.11 Å². The number of ether oxygens (including phenoxy) is 3. The van der Waals surface area contributed by atoms with Crippen molar-refractivity contribution in [3.8, 4) is 11.5 Å². The van der Waals surface area contributed by atoms with E-state index in [1.165, 1.54) is 7.11 Å². The molecule has 0 bridgehead atoms. The minimum Gasteiger partial charge on any atom is -0.493 e. The number of carbonyl (C=O) groups is 1. The molecule has 2 rings (SSSR count). The Morgan fingerprint density at radius 1 is 1.26 bits per heavy atom. The van der Waals surface area contributed by atoms with Crippen LogP contribution in [-0.2, 0) is 14.9 Å². The molecule has 4 nitrogen and oxygen atoms in total. The predicted molar refractivity (Wildman–Crippen MR) is 71.7 cm³/mol. The molecule has 0 aromatic heterocycles. The second-order valence-corrected chi connectivity index (χ2v) is 4.73. The number of esters is 1. The van der Waals surface area contributed by atoms with E-state index in [9.17, 15) is 4.79 Å². The van der Waals surface area contributed by atoms with Crippen molar-refractivity contribution in [1.82, 2.24) is 0 Å². The van der Waals surface area contributed by atoms with Crippen molar-refractivity contribution < 1.29 is 19.0 Å². The first-order valence-electron chi connectivity index (χ1n) is 6.57. The molecule has 0 amide bonds. The third-order valence-corrected chi connectivity index (χ3v) is 3.80. The predicted octanol–water partition coefficient (Wildman–Crippen LogP) is 2.69. The van der Waals surface area contributed by atoms with Crippen LogP contribution in [0, 0.1) is 0 Å². The topological polar surface area (TPSA) is 44.8 Å². The summed E-state index contributed by atoms with van der Waals surface area (Å²) in [5.74, 6) is 1.20. The number of benzene rings is 1. The van der Waals surface area contributed by atoms with E-state index in [0.29, 0.717) is 18.1 Å². The molecule has 1 aromatic rings. The number of methoxy groups -OCH3 is 2. The Morgan fingerprint density at radius 2 is 2.00 bits per heavy atom. The van der Waals surface area contributed by atoms with E-state index < -0.39 is 5.41 Å². The van der Waals surface area contributed by atoms with Gasteiger partial charge in [-0.3, -0.25) is 4.79 Å². The molecular formula is C15H20O4. The van der Waals surface area contributed by atoms with Crippen molar-refractivity contribution in [2.24, 2.45) is 0 Å². The first-order valence-corrected chi connectivity index (χ1v) is 6.57. The zero-order chi connectivity index (χ0) is 13.9. The van der Waals surface area contributed by atoms with Gasteiger partial charge in [-0.15, -0.1) is 0 Å². The lowest BCUT2D eigenvalue weighted by molar-refractivity contribution is -0.151. The smallest absolute Gasteiger partial charge is 0.316 e. The van der Waals surface area contributed by atoms with Gasteiger partial charge in [0.1, 0.15) is 0 Å². The number of hydrogen-bond donors (Lipinski definition) is 0. The Bertz CT molecular complexity index is 463. The summed E-state index contributed by atoms with van der Waals surface area (Å²) in [6.07, 6.45) is 2.71. The van der Waals surface area contributed by atoms with Crippen LogP contribution in [-0.4, -0.2) is 26.8 Å². The zero-order valence-electron chi connectivity index (χ0n) is 11.7. The van der Waals surface area contributed by atoms with Crippen molar-refractivity contribution >= 4 is 5.97 Å². The molecule has 1 saturated carbocycles. The summed E-state index contributed by atoms with van der Waals surface area (Å²) in [4.78, 5) is 12.0. The van der Waals surface area contributed by atoms with Crippen molar-refractivity contribution in [3.63, 3.8) is 0 Å². The van der Waals surface area contributed by atoms with Crippen molar-refractivity contribution in [1.29, 1.82) is 0 Å². The molecule has 4 heteroatoms. The Balaban J connectivity index is 2.37. The lowest BCUT2D eigenvalue weighted by Crippen LogP contribution is -2.43. The van der Waals surface area contributed by atoms with Crippen LogP contribution in [0.3, 0.4) is 0 Å². The SMILES string of the molecule is CCOc1ccc(C2(C(=O)OC)CCC2)cc1OC. The van der Waals surface area contributed by atoms with Crippen LogP contribution in [0.5, 0.6) is 11.5 Å². The summed E-state index contributed by atoms with van der Waals surface area (Å²) in [7, 11) is 3.04. The maximum absolute atomic E-state index is 12.0. The fraction of sp³-hybridized carbons (Fsp3) is 0.533. The van der Waals surface area contributed by atoms with Gasteiger partial charge in [-0.2, -0.15) is 0 Å². The zero-order valence-corrected chi connectivity index (χ0v) is 11.7. The van der Waals surface area contributed by atoms with Gasteiger partial charge in [-0.1, -0.05) is 12.5 Å². The highest BCUT2D eigenvalue weighted by Gasteiger charge is 2.47. The van der Waals surface area contributed by atoms with Crippen LogP contribution in [0.25, 0.3) is 0 Å². The highest BCUT2D eigenvalue weighted by molar-refractivity contribution is 5.84. The largest absolute Gasteiger partial charge is 0.493 e. The van der Waals surface area contributed by atoms with E-state index >= 15 is 0 Å². The molecule has 0 aliphatic heterocycles. The highest BCUT2D eigenvalue weighted by atomic mass is 16.5. The molecule has 0 atom stereocenters. The fourth-order valence-corrected chi connectivity index (χ4v) is 2.58. The van der Waals surface area contributed by atoms with Gasteiger partial charge in [0.25, 0.3) is 0 Å². The van der Waals surface area contributed by atoms with Gasteiger partial charge in [0.2, 0.25) is 0 Å². The molecule has 1 aliphatic rings. The van der Waals surface area contributed by atoms with Gasteiger partial charge in [0.05, 0.1) is 26.2 Å². The monoisotopic (exact) mass is 264 g/mol. The Labute approximate surface area is 113 Å². The minimum absolute atomic E-state index is 0.162. The Kier molecular flexibility index (Phi) is 3.98. The molecule has 0 heterocycles. The summed E-state index contributed by atoms with van der Waals surface area (Å²) >= 11 is 0. The van der Waals surface area contributed by atoms with Crippen LogP contribution >= 0.6 is 0 Å². The van der Waals surface area contributed by atoms with Crippen molar-refractivity contribution in [3.05, 3.63) is 23.8 Å². The summed E-state index contributed by atoms with van der Waals surface area (Å²) < 4.78 is 15.8. The van der Waals surface area contributed by atoms with E-state index in [4.69, 9.17) is 14.2 Å². The van der Waals surface area contributed by atoms with E-state index in [-0.39, 0.29) is 5.97 Å². The standard InChI is InChI=1S/C15H20O4/c1-4-19-12-7-6-11(10-13(12)17-2)15(8-5-9-15)14(16)18-3/h6-7,10H,4-5,8-9H2,1-3H3. The number of carbonyl (C=O) groups excluding carboxylic acids is 1. The van der Waals surface area contributed by atoms with Crippen LogP contribution in [0.15, 0.2) is 18.2 Å². The first kappa shape index (κ1) is 13.7. The molecule has 0 saturated heterocycles. The van der Waals surface area contributed by atoms with Gasteiger partial charge in [-0.25, -0.2) is 0 Å². The fourth-order valence-electron chi connectivity index (χ4n) is 2.58. The van der Waals surface area contributed by atoms with Gasteiger partial charge in [-0.05, 0) is 37.5 Å². The van der Waals surface area contributed by atoms with E-state index in [0.717, 1.165) is 24.8 Å². The molecule has 0 radical (unpaired) electrons. The maximum atomic E-state index is 12.0. The van der Waals surface area contributed by atoms with Crippen molar-refractivity contribution in [2.45, 2.75) is 31.6 Å². The maximum Gasteiger partial charge on any atom is 0.316 e. The molecule has 0 spiro atoms. The average Bonchev–Trinajstić information content (AvgIpc) is 2.38. The van der Waals surface area contributed by atoms with Crippen molar-refractivity contribution in [2.75, 3.05) is 20.8 Å². The second-order valence-electron chi connectivity index (χ2n) is 4.73. The molecule has 19 heavy (non-hydrogen) atoms. The lowest BCUT2D eigenvalue weighted by atomic mass is 9.64. The third-order valence-electron chi connectivity index (χ3n) is 3.80. The highest BCUT2D eigenvalue weighted by Crippen LogP contribution is 2.46. The van der Waals surface area contributed by atoms with Gasteiger partial charge < -0.3 is 14.2 Å². The van der Waals surface area contributed by atoms with Crippen LogP contribution in [0.1, 0.15) is 31.7 Å². The van der Waals surface area contributed by atoms with E-state index in [1.807, 2.05) is 25.1 Å². The first-order chi connectivity index (χ1) is 9.17.